The van der Waals surface area contributed by atoms with Gasteiger partial charge in [0.2, 0.25) is 0 Å². The summed E-state index contributed by atoms with van der Waals surface area (Å²) in [6, 6.07) is 18.0. The van der Waals surface area contributed by atoms with E-state index in [2.05, 4.69) is 32.6 Å². The third kappa shape index (κ3) is 6.16. The van der Waals surface area contributed by atoms with Crippen molar-refractivity contribution in [3.63, 3.8) is 0 Å². The minimum absolute atomic E-state index is 0.0125. The average Bonchev–Trinajstić information content (AvgIpc) is 2.71. The number of carbonyl (C=O) groups is 1. The lowest BCUT2D eigenvalue weighted by Crippen LogP contribution is -2.41. The second kappa shape index (κ2) is 10.7. The maximum absolute atomic E-state index is 13.2. The van der Waals surface area contributed by atoms with Crippen molar-refractivity contribution < 1.29 is 14.6 Å². The fourth-order valence-electron chi connectivity index (χ4n) is 4.06. The molecule has 0 saturated heterocycles. The number of ether oxygens (including phenoxy) is 1. The van der Waals surface area contributed by atoms with E-state index in [1.807, 2.05) is 56.3 Å². The zero-order chi connectivity index (χ0) is 22.3. The summed E-state index contributed by atoms with van der Waals surface area (Å²) in [4.78, 5) is 15.7. The highest BCUT2D eigenvalue weighted by atomic mass is 16.5. The largest absolute Gasteiger partial charge is 0.426 e. The summed E-state index contributed by atoms with van der Waals surface area (Å²) in [5.41, 5.74) is 1.25. The second-order valence-corrected chi connectivity index (χ2v) is 9.09. The van der Waals surface area contributed by atoms with E-state index < -0.39 is 5.41 Å². The molecule has 0 aliphatic rings. The van der Waals surface area contributed by atoms with Crippen LogP contribution in [0.15, 0.2) is 54.6 Å². The van der Waals surface area contributed by atoms with E-state index in [1.54, 1.807) is 12.1 Å². The van der Waals surface area contributed by atoms with Crippen LogP contribution in [-0.2, 0) is 11.4 Å². The van der Waals surface area contributed by atoms with Crippen molar-refractivity contribution in [3.8, 4) is 5.75 Å². The monoisotopic (exact) mass is 411 g/mol. The third-order valence-electron chi connectivity index (χ3n) is 5.92. The predicted octanol–water partition coefficient (Wildman–Crippen LogP) is 5.40. The Balaban J connectivity index is 2.31. The van der Waals surface area contributed by atoms with Crippen LogP contribution in [0.5, 0.6) is 5.75 Å². The van der Waals surface area contributed by atoms with E-state index in [1.165, 1.54) is 0 Å². The van der Waals surface area contributed by atoms with Crippen LogP contribution >= 0.6 is 0 Å². The number of rotatable bonds is 10. The van der Waals surface area contributed by atoms with Gasteiger partial charge in [0.15, 0.2) is 0 Å². The number of hydrogen-bond acceptors (Lipinski definition) is 4. The summed E-state index contributed by atoms with van der Waals surface area (Å²) in [6.45, 7) is 13.7. The summed E-state index contributed by atoms with van der Waals surface area (Å²) in [6.07, 6.45) is 0.839. The molecule has 0 saturated carbocycles. The Morgan fingerprint density at radius 2 is 1.53 bits per heavy atom. The van der Waals surface area contributed by atoms with Crippen LogP contribution in [0.4, 0.5) is 0 Å². The summed E-state index contributed by atoms with van der Waals surface area (Å²) in [7, 11) is 0. The number of carbonyl (C=O) groups excluding carboxylic acids is 1. The quantitative estimate of drug-likeness (QED) is 0.420. The first-order valence-corrected chi connectivity index (χ1v) is 10.9. The van der Waals surface area contributed by atoms with Gasteiger partial charge in [-0.3, -0.25) is 9.69 Å². The van der Waals surface area contributed by atoms with Gasteiger partial charge < -0.3 is 9.84 Å². The fourth-order valence-corrected chi connectivity index (χ4v) is 4.06. The SMILES string of the molecule is CC(C)N(CC[C@H](c1ccc(CO)cc1)C(C)(C)C(=O)Oc1ccccc1)C(C)C. The van der Waals surface area contributed by atoms with E-state index in [4.69, 9.17) is 4.74 Å². The molecule has 4 heteroatoms. The first-order valence-electron chi connectivity index (χ1n) is 10.9. The van der Waals surface area contributed by atoms with Crippen molar-refractivity contribution in [2.75, 3.05) is 6.54 Å². The molecule has 0 aliphatic carbocycles. The topological polar surface area (TPSA) is 49.8 Å². The zero-order valence-electron chi connectivity index (χ0n) is 19.3. The average molecular weight is 412 g/mol. The van der Waals surface area contributed by atoms with Gasteiger partial charge in [-0.25, -0.2) is 0 Å². The fraction of sp³-hybridized carbons (Fsp3) is 0.500. The molecule has 1 atom stereocenters. The number of hydrogen-bond donors (Lipinski definition) is 1. The van der Waals surface area contributed by atoms with Crippen LogP contribution in [0, 0.1) is 5.41 Å². The molecule has 0 aliphatic heterocycles. The maximum atomic E-state index is 13.2. The summed E-state index contributed by atoms with van der Waals surface area (Å²) >= 11 is 0. The first kappa shape index (κ1) is 24.1. The molecule has 164 valence electrons. The summed E-state index contributed by atoms with van der Waals surface area (Å²) < 4.78 is 5.74. The van der Waals surface area contributed by atoms with Crippen molar-refractivity contribution >= 4 is 5.97 Å². The Morgan fingerprint density at radius 3 is 2.03 bits per heavy atom. The van der Waals surface area contributed by atoms with Crippen LogP contribution in [-0.4, -0.2) is 34.6 Å². The molecule has 2 aromatic rings. The van der Waals surface area contributed by atoms with Crippen molar-refractivity contribution in [2.45, 2.75) is 72.6 Å². The van der Waals surface area contributed by atoms with Crippen molar-refractivity contribution in [1.82, 2.24) is 4.90 Å². The Hall–Kier alpha value is -2.17. The second-order valence-electron chi connectivity index (χ2n) is 9.09. The van der Waals surface area contributed by atoms with Gasteiger partial charge in [-0.1, -0.05) is 42.5 Å². The van der Waals surface area contributed by atoms with E-state index in [-0.39, 0.29) is 18.5 Å². The van der Waals surface area contributed by atoms with Crippen LogP contribution in [0.2, 0.25) is 0 Å². The molecule has 0 spiro atoms. The number of benzene rings is 2. The predicted molar refractivity (Wildman–Crippen MR) is 123 cm³/mol. The van der Waals surface area contributed by atoms with Gasteiger partial charge in [0.25, 0.3) is 0 Å². The lowest BCUT2D eigenvalue weighted by atomic mass is 9.72. The Morgan fingerprint density at radius 1 is 0.967 bits per heavy atom. The maximum Gasteiger partial charge on any atom is 0.317 e. The number of para-hydroxylation sites is 1. The van der Waals surface area contributed by atoms with Gasteiger partial charge in [0.1, 0.15) is 5.75 Å². The van der Waals surface area contributed by atoms with Crippen LogP contribution in [0.1, 0.15) is 65.0 Å². The molecule has 0 fully saturated rings. The Labute approximate surface area is 181 Å². The highest BCUT2D eigenvalue weighted by molar-refractivity contribution is 5.79. The lowest BCUT2D eigenvalue weighted by molar-refractivity contribution is -0.145. The molecule has 2 aromatic carbocycles. The first-order chi connectivity index (χ1) is 14.2. The van der Waals surface area contributed by atoms with Crippen molar-refractivity contribution in [1.29, 1.82) is 0 Å². The molecule has 0 amide bonds. The van der Waals surface area contributed by atoms with E-state index in [0.29, 0.717) is 17.8 Å². The molecule has 1 N–H and O–H groups in total. The third-order valence-corrected chi connectivity index (χ3v) is 5.92. The van der Waals surface area contributed by atoms with Gasteiger partial charge in [0, 0.05) is 18.0 Å². The molecule has 0 aromatic heterocycles. The van der Waals surface area contributed by atoms with Gasteiger partial charge in [0.05, 0.1) is 12.0 Å². The van der Waals surface area contributed by atoms with Crippen molar-refractivity contribution in [3.05, 3.63) is 65.7 Å². The Kier molecular flexibility index (Phi) is 8.63. The van der Waals surface area contributed by atoms with Crippen molar-refractivity contribution in [2.24, 2.45) is 5.41 Å². The molecule has 0 heterocycles. The molecular formula is C26H37NO3. The number of aliphatic hydroxyl groups is 1. The lowest BCUT2D eigenvalue weighted by Gasteiger charge is -2.36. The molecule has 2 rings (SSSR count). The highest BCUT2D eigenvalue weighted by Gasteiger charge is 2.39. The van der Waals surface area contributed by atoms with Gasteiger partial charge in [-0.05, 0) is 77.8 Å². The minimum Gasteiger partial charge on any atom is -0.426 e. The van der Waals surface area contributed by atoms with E-state index >= 15 is 0 Å². The van der Waals surface area contributed by atoms with Gasteiger partial charge in [-0.2, -0.15) is 0 Å². The number of aliphatic hydroxyl groups excluding tert-OH is 1. The van der Waals surface area contributed by atoms with Crippen LogP contribution in [0.25, 0.3) is 0 Å². The number of esters is 1. The van der Waals surface area contributed by atoms with Gasteiger partial charge in [-0.15, -0.1) is 0 Å². The normalized spacial score (nSPS) is 13.1. The molecule has 0 unspecified atom stereocenters. The van der Waals surface area contributed by atoms with E-state index in [9.17, 15) is 9.90 Å². The Bertz CT molecular complexity index is 774. The molecule has 0 bridgehead atoms. The highest BCUT2D eigenvalue weighted by Crippen LogP contribution is 2.40. The molecule has 0 radical (unpaired) electrons. The van der Waals surface area contributed by atoms with E-state index in [0.717, 1.165) is 24.1 Å². The zero-order valence-corrected chi connectivity index (χ0v) is 19.3. The summed E-state index contributed by atoms with van der Waals surface area (Å²) in [5.74, 6) is 0.322. The standard InChI is InChI=1S/C26H37NO3/c1-19(2)27(20(3)4)17-16-24(22-14-12-21(18-28)13-15-22)26(5,6)25(29)30-23-10-8-7-9-11-23/h7-15,19-20,24,28H,16-18H2,1-6H3/t24-/m1/s1. The summed E-state index contributed by atoms with van der Waals surface area (Å²) in [5, 5.41) is 9.40. The number of nitrogens with zero attached hydrogens (tertiary/aromatic N) is 1. The van der Waals surface area contributed by atoms with Crippen LogP contribution in [0.3, 0.4) is 0 Å². The minimum atomic E-state index is -0.712. The smallest absolute Gasteiger partial charge is 0.317 e. The molecule has 30 heavy (non-hydrogen) atoms. The molecule has 4 nitrogen and oxygen atoms in total. The van der Waals surface area contributed by atoms with Crippen LogP contribution < -0.4 is 4.74 Å². The molecular weight excluding hydrogens is 374 g/mol. The van der Waals surface area contributed by atoms with Gasteiger partial charge >= 0.3 is 5.97 Å².